The maximum atomic E-state index is 13.1. The van der Waals surface area contributed by atoms with Crippen molar-refractivity contribution in [2.45, 2.75) is 31.5 Å². The van der Waals surface area contributed by atoms with Crippen LogP contribution in [0.2, 0.25) is 0 Å². The third-order valence-corrected chi connectivity index (χ3v) is 3.52. The van der Waals surface area contributed by atoms with E-state index in [9.17, 15) is 14.0 Å². The van der Waals surface area contributed by atoms with Gasteiger partial charge in [-0.25, -0.2) is 14.0 Å². The van der Waals surface area contributed by atoms with Crippen molar-refractivity contribution in [3.05, 3.63) is 41.2 Å². The molecule has 20 heavy (non-hydrogen) atoms. The highest BCUT2D eigenvalue weighted by molar-refractivity contribution is 6.18. The van der Waals surface area contributed by atoms with Gasteiger partial charge in [0.15, 0.2) is 0 Å². The average Bonchev–Trinajstić information content (AvgIpc) is 2.82. The molecule has 0 aromatic heterocycles. The number of benzene rings is 1. The molecule has 1 aromatic carbocycles. The van der Waals surface area contributed by atoms with E-state index >= 15 is 0 Å². The minimum atomic E-state index is -1.08. The zero-order valence-corrected chi connectivity index (χ0v) is 10.7. The van der Waals surface area contributed by atoms with Crippen LogP contribution < -0.4 is 0 Å². The summed E-state index contributed by atoms with van der Waals surface area (Å²) in [5.41, 5.74) is 0.212. The first-order chi connectivity index (χ1) is 9.58. The Morgan fingerprint density at radius 2 is 1.75 bits per heavy atom. The Morgan fingerprint density at radius 1 is 1.10 bits per heavy atom. The number of hydrogen-bond acceptors (Lipinski definition) is 4. The lowest BCUT2D eigenvalue weighted by atomic mass is 10.1. The molecule has 1 aromatic rings. The van der Waals surface area contributed by atoms with Gasteiger partial charge in [0.05, 0.1) is 0 Å². The summed E-state index contributed by atoms with van der Waals surface area (Å²) in [6, 6.07) is 5.61. The molecule has 1 aliphatic carbocycles. The van der Waals surface area contributed by atoms with Crippen LogP contribution in [0.3, 0.4) is 0 Å². The van der Waals surface area contributed by atoms with Crippen LogP contribution in [0.25, 0.3) is 6.08 Å². The molecule has 4 nitrogen and oxygen atoms in total. The fraction of sp³-hybridized carbons (Fsp3) is 0.333. The number of rotatable bonds is 1. The molecule has 3 rings (SSSR count). The first-order valence-electron chi connectivity index (χ1n) is 6.52. The number of esters is 2. The van der Waals surface area contributed by atoms with Crippen molar-refractivity contribution >= 4 is 18.0 Å². The average molecular weight is 276 g/mol. The van der Waals surface area contributed by atoms with Gasteiger partial charge in [-0.3, -0.25) is 0 Å². The van der Waals surface area contributed by atoms with Crippen molar-refractivity contribution in [1.82, 2.24) is 0 Å². The molecule has 2 aliphatic rings. The molecule has 0 N–H and O–H groups in total. The minimum absolute atomic E-state index is 0.201. The summed E-state index contributed by atoms with van der Waals surface area (Å²) in [5.74, 6) is -2.92. The summed E-state index contributed by atoms with van der Waals surface area (Å²) < 4.78 is 23.6. The van der Waals surface area contributed by atoms with Gasteiger partial charge in [0.1, 0.15) is 11.4 Å². The van der Waals surface area contributed by atoms with Gasteiger partial charge in [0.25, 0.3) is 5.79 Å². The smallest absolute Gasteiger partial charge is 0.348 e. The van der Waals surface area contributed by atoms with Crippen LogP contribution in [0.4, 0.5) is 4.39 Å². The van der Waals surface area contributed by atoms with Gasteiger partial charge in [-0.2, -0.15) is 0 Å². The summed E-state index contributed by atoms with van der Waals surface area (Å²) in [5, 5.41) is 0. The summed E-state index contributed by atoms with van der Waals surface area (Å²) in [4.78, 5) is 23.9. The van der Waals surface area contributed by atoms with E-state index in [2.05, 4.69) is 0 Å². The largest absolute Gasteiger partial charge is 0.419 e. The standard InChI is InChI=1S/C15H13FO4/c16-11-5-3-4-10(8-11)9-12-13(17)19-15(20-14(12)18)6-1-2-7-15/h3-5,8-9H,1-2,6-7H2. The maximum Gasteiger partial charge on any atom is 0.348 e. The van der Waals surface area contributed by atoms with Crippen LogP contribution in [0.15, 0.2) is 29.8 Å². The molecule has 1 spiro atoms. The molecule has 5 heteroatoms. The molecule has 2 fully saturated rings. The second kappa shape index (κ2) is 4.74. The normalized spacial score (nSPS) is 20.8. The van der Waals surface area contributed by atoms with Crippen LogP contribution in [0.1, 0.15) is 31.2 Å². The Labute approximate surface area is 115 Å². The number of carbonyl (C=O) groups is 2. The number of ether oxygens (including phenoxy) is 2. The monoisotopic (exact) mass is 276 g/mol. The quantitative estimate of drug-likeness (QED) is 0.449. The van der Waals surface area contributed by atoms with Crippen molar-refractivity contribution in [2.75, 3.05) is 0 Å². The van der Waals surface area contributed by atoms with Gasteiger partial charge < -0.3 is 9.47 Å². The van der Waals surface area contributed by atoms with Gasteiger partial charge in [-0.15, -0.1) is 0 Å². The highest BCUT2D eigenvalue weighted by Crippen LogP contribution is 2.38. The predicted octanol–water partition coefficient (Wildman–Crippen LogP) is 2.58. The van der Waals surface area contributed by atoms with E-state index in [4.69, 9.17) is 9.47 Å². The van der Waals surface area contributed by atoms with Gasteiger partial charge in [0.2, 0.25) is 0 Å². The van der Waals surface area contributed by atoms with E-state index < -0.39 is 23.5 Å². The number of hydrogen-bond donors (Lipinski definition) is 0. The SMILES string of the molecule is O=C1OC2(CCCC2)OC(=O)C1=Cc1cccc(F)c1. The molecule has 1 aliphatic heterocycles. The van der Waals surface area contributed by atoms with Crippen LogP contribution in [0, 0.1) is 5.82 Å². The molecule has 0 radical (unpaired) electrons. The zero-order chi connectivity index (χ0) is 14.2. The lowest BCUT2D eigenvalue weighted by Gasteiger charge is -2.32. The fourth-order valence-corrected chi connectivity index (χ4v) is 2.55. The van der Waals surface area contributed by atoms with E-state index in [0.717, 1.165) is 12.8 Å². The lowest BCUT2D eigenvalue weighted by molar-refractivity contribution is -0.232. The second-order valence-electron chi connectivity index (χ2n) is 5.01. The Kier molecular flexibility index (Phi) is 3.04. The third kappa shape index (κ3) is 2.31. The highest BCUT2D eigenvalue weighted by Gasteiger charge is 2.47. The third-order valence-electron chi connectivity index (χ3n) is 3.52. The van der Waals surface area contributed by atoms with Crippen LogP contribution in [-0.4, -0.2) is 17.7 Å². The molecule has 0 unspecified atom stereocenters. The maximum absolute atomic E-state index is 13.1. The molecule has 1 saturated carbocycles. The molecule has 0 bridgehead atoms. The predicted molar refractivity (Wildman–Crippen MR) is 67.8 cm³/mol. The van der Waals surface area contributed by atoms with Crippen molar-refractivity contribution in [3.63, 3.8) is 0 Å². The molecule has 1 heterocycles. The summed E-state index contributed by atoms with van der Waals surface area (Å²) in [6.07, 6.45) is 4.10. The van der Waals surface area contributed by atoms with Crippen molar-refractivity contribution in [2.24, 2.45) is 0 Å². The molecule has 0 atom stereocenters. The number of carbonyl (C=O) groups excluding carboxylic acids is 2. The minimum Gasteiger partial charge on any atom is -0.419 e. The van der Waals surface area contributed by atoms with Gasteiger partial charge >= 0.3 is 11.9 Å². The lowest BCUT2D eigenvalue weighted by Crippen LogP contribution is -2.44. The molecular weight excluding hydrogens is 263 g/mol. The van der Waals surface area contributed by atoms with Gasteiger partial charge in [-0.1, -0.05) is 12.1 Å². The van der Waals surface area contributed by atoms with Crippen LogP contribution >= 0.6 is 0 Å². The van der Waals surface area contributed by atoms with Crippen LogP contribution in [0.5, 0.6) is 0 Å². The van der Waals surface area contributed by atoms with E-state index in [1.165, 1.54) is 24.3 Å². The summed E-state index contributed by atoms with van der Waals surface area (Å²) >= 11 is 0. The van der Waals surface area contributed by atoms with E-state index in [1.807, 2.05) is 0 Å². The molecule has 1 saturated heterocycles. The van der Waals surface area contributed by atoms with Crippen molar-refractivity contribution < 1.29 is 23.5 Å². The molecule has 0 amide bonds. The highest BCUT2D eigenvalue weighted by atomic mass is 19.1. The fourth-order valence-electron chi connectivity index (χ4n) is 2.55. The Balaban J connectivity index is 1.88. The van der Waals surface area contributed by atoms with Crippen molar-refractivity contribution in [1.29, 1.82) is 0 Å². The van der Waals surface area contributed by atoms with E-state index in [-0.39, 0.29) is 5.57 Å². The first kappa shape index (κ1) is 12.8. The topological polar surface area (TPSA) is 52.6 Å². The Morgan fingerprint density at radius 3 is 2.35 bits per heavy atom. The van der Waals surface area contributed by atoms with Crippen LogP contribution in [-0.2, 0) is 19.1 Å². The zero-order valence-electron chi connectivity index (χ0n) is 10.7. The molecule has 104 valence electrons. The van der Waals surface area contributed by atoms with Gasteiger partial charge in [-0.05, 0) is 36.6 Å². The van der Waals surface area contributed by atoms with E-state index in [0.29, 0.717) is 18.4 Å². The number of halogens is 1. The summed E-state index contributed by atoms with van der Waals surface area (Å²) in [6.45, 7) is 0. The van der Waals surface area contributed by atoms with Gasteiger partial charge in [0, 0.05) is 12.8 Å². The Bertz CT molecular complexity index is 578. The summed E-state index contributed by atoms with van der Waals surface area (Å²) in [7, 11) is 0. The first-order valence-corrected chi connectivity index (χ1v) is 6.52. The molecular formula is C15H13FO4. The Hall–Kier alpha value is -2.17. The van der Waals surface area contributed by atoms with E-state index in [1.54, 1.807) is 6.07 Å². The second-order valence-corrected chi connectivity index (χ2v) is 5.01. The van der Waals surface area contributed by atoms with Crippen molar-refractivity contribution in [3.8, 4) is 0 Å².